The smallest absolute Gasteiger partial charge is 0.228 e. The van der Waals surface area contributed by atoms with Crippen LogP contribution in [-0.4, -0.2) is 23.6 Å². The van der Waals surface area contributed by atoms with Crippen LogP contribution in [0.1, 0.15) is 31.4 Å². The molecule has 4 nitrogen and oxygen atoms in total. The van der Waals surface area contributed by atoms with Gasteiger partial charge in [-0.1, -0.05) is 0 Å². The molecule has 1 amide bonds. The molecule has 2 rings (SSSR count). The second-order valence-electron chi connectivity index (χ2n) is 4.02. The summed E-state index contributed by atoms with van der Waals surface area (Å²) in [5.41, 5.74) is 0.792. The second kappa shape index (κ2) is 6.33. The zero-order chi connectivity index (χ0) is 12.1. The molecule has 1 aliphatic heterocycles. The molecule has 1 saturated heterocycles. The first-order valence-corrected chi connectivity index (χ1v) is 7.11. The van der Waals surface area contributed by atoms with E-state index in [4.69, 9.17) is 16.3 Å². The van der Waals surface area contributed by atoms with E-state index in [-0.39, 0.29) is 12.0 Å². The fraction of sp³-hybridized carbons (Fsp3) is 0.636. The predicted molar refractivity (Wildman–Crippen MR) is 68.5 cm³/mol. The fourth-order valence-electron chi connectivity index (χ4n) is 1.77. The summed E-state index contributed by atoms with van der Waals surface area (Å²) in [6.45, 7) is 0.769. The van der Waals surface area contributed by atoms with Crippen LogP contribution in [-0.2, 0) is 15.4 Å². The average Bonchev–Trinajstić information content (AvgIpc) is 2.78. The Hall–Kier alpha value is -0.650. The summed E-state index contributed by atoms with van der Waals surface area (Å²) < 4.78 is 5.51. The van der Waals surface area contributed by atoms with Gasteiger partial charge in [-0.15, -0.1) is 22.9 Å². The fourth-order valence-corrected chi connectivity index (χ4v) is 2.73. The Labute approximate surface area is 109 Å². The van der Waals surface area contributed by atoms with Crippen LogP contribution in [0.3, 0.4) is 0 Å². The van der Waals surface area contributed by atoms with Crippen molar-refractivity contribution >= 4 is 34.0 Å². The number of carbonyl (C=O) groups is 1. The SMILES string of the molecule is O=C(CC1CCCCO1)Nc1nc(CCl)cs1. The first-order chi connectivity index (χ1) is 8.28. The Kier molecular flexibility index (Phi) is 4.76. The molecule has 6 heteroatoms. The van der Waals surface area contributed by atoms with Crippen LogP contribution in [0.4, 0.5) is 5.13 Å². The Balaban J connectivity index is 1.79. The summed E-state index contributed by atoms with van der Waals surface area (Å²) in [6.07, 6.45) is 3.69. The van der Waals surface area contributed by atoms with E-state index in [1.165, 1.54) is 11.3 Å². The highest BCUT2D eigenvalue weighted by Crippen LogP contribution is 2.19. The van der Waals surface area contributed by atoms with Gasteiger partial charge in [0.2, 0.25) is 5.91 Å². The van der Waals surface area contributed by atoms with Gasteiger partial charge in [-0.05, 0) is 19.3 Å². The molecule has 1 aromatic rings. The lowest BCUT2D eigenvalue weighted by molar-refractivity contribution is -0.119. The number of anilines is 1. The molecule has 0 aliphatic carbocycles. The van der Waals surface area contributed by atoms with Gasteiger partial charge >= 0.3 is 0 Å². The summed E-state index contributed by atoms with van der Waals surface area (Å²) in [5.74, 6) is 0.338. The van der Waals surface area contributed by atoms with Crippen molar-refractivity contribution < 1.29 is 9.53 Å². The van der Waals surface area contributed by atoms with Gasteiger partial charge in [0, 0.05) is 12.0 Å². The molecule has 1 atom stereocenters. The maximum Gasteiger partial charge on any atom is 0.228 e. The van der Waals surface area contributed by atoms with Crippen LogP contribution in [0.5, 0.6) is 0 Å². The van der Waals surface area contributed by atoms with Gasteiger partial charge in [0.25, 0.3) is 0 Å². The van der Waals surface area contributed by atoms with Crippen molar-refractivity contribution in [2.24, 2.45) is 0 Å². The van der Waals surface area contributed by atoms with E-state index < -0.39 is 0 Å². The van der Waals surface area contributed by atoms with Gasteiger partial charge in [0.1, 0.15) is 0 Å². The lowest BCUT2D eigenvalue weighted by Crippen LogP contribution is -2.25. The zero-order valence-electron chi connectivity index (χ0n) is 9.45. The van der Waals surface area contributed by atoms with Crippen molar-refractivity contribution in [2.75, 3.05) is 11.9 Å². The van der Waals surface area contributed by atoms with Crippen LogP contribution in [0, 0.1) is 0 Å². The van der Waals surface area contributed by atoms with E-state index in [0.29, 0.717) is 17.4 Å². The maximum atomic E-state index is 11.7. The third-order valence-electron chi connectivity index (χ3n) is 2.62. The Morgan fingerprint density at radius 2 is 2.53 bits per heavy atom. The summed E-state index contributed by atoms with van der Waals surface area (Å²) in [7, 11) is 0. The normalized spacial score (nSPS) is 20.2. The van der Waals surface area contributed by atoms with Gasteiger partial charge < -0.3 is 10.1 Å². The van der Waals surface area contributed by atoms with Crippen LogP contribution in [0.2, 0.25) is 0 Å². The number of carbonyl (C=O) groups excluding carboxylic acids is 1. The molecular weight excluding hydrogens is 260 g/mol. The average molecular weight is 275 g/mol. The highest BCUT2D eigenvalue weighted by molar-refractivity contribution is 7.13. The number of halogens is 1. The topological polar surface area (TPSA) is 51.2 Å². The minimum atomic E-state index is -0.0348. The molecule has 1 unspecified atom stereocenters. The lowest BCUT2D eigenvalue weighted by atomic mass is 10.1. The van der Waals surface area contributed by atoms with Gasteiger partial charge in [-0.25, -0.2) is 4.98 Å². The summed E-state index contributed by atoms with van der Waals surface area (Å²) in [5, 5.41) is 5.23. The third-order valence-corrected chi connectivity index (χ3v) is 3.70. The molecule has 1 aliphatic rings. The van der Waals surface area contributed by atoms with Crippen molar-refractivity contribution in [1.82, 2.24) is 4.98 Å². The first kappa shape index (κ1) is 12.8. The predicted octanol–water partition coefficient (Wildman–Crippen LogP) is 2.78. The monoisotopic (exact) mass is 274 g/mol. The number of nitrogens with one attached hydrogen (secondary N) is 1. The summed E-state index contributed by atoms with van der Waals surface area (Å²) in [6, 6.07) is 0. The molecule has 2 heterocycles. The number of amides is 1. The number of aromatic nitrogens is 1. The molecule has 94 valence electrons. The van der Waals surface area contributed by atoms with Crippen molar-refractivity contribution in [3.63, 3.8) is 0 Å². The van der Waals surface area contributed by atoms with Gasteiger partial charge in [0.15, 0.2) is 5.13 Å². The van der Waals surface area contributed by atoms with E-state index in [1.807, 2.05) is 5.38 Å². The number of ether oxygens (including phenoxy) is 1. The van der Waals surface area contributed by atoms with E-state index in [1.54, 1.807) is 0 Å². The van der Waals surface area contributed by atoms with Crippen LogP contribution < -0.4 is 5.32 Å². The zero-order valence-corrected chi connectivity index (χ0v) is 11.0. The molecule has 0 saturated carbocycles. The van der Waals surface area contributed by atoms with Gasteiger partial charge in [-0.3, -0.25) is 4.79 Å². The third kappa shape index (κ3) is 3.94. The second-order valence-corrected chi connectivity index (χ2v) is 5.14. The number of hydrogen-bond donors (Lipinski definition) is 1. The summed E-state index contributed by atoms with van der Waals surface area (Å²) in [4.78, 5) is 15.9. The summed E-state index contributed by atoms with van der Waals surface area (Å²) >= 11 is 7.04. The van der Waals surface area contributed by atoms with Crippen molar-refractivity contribution in [1.29, 1.82) is 0 Å². The maximum absolute atomic E-state index is 11.7. The molecule has 0 radical (unpaired) electrons. The van der Waals surface area contributed by atoms with E-state index in [2.05, 4.69) is 10.3 Å². The number of nitrogens with zero attached hydrogens (tertiary/aromatic N) is 1. The quantitative estimate of drug-likeness (QED) is 0.859. The largest absolute Gasteiger partial charge is 0.378 e. The minimum Gasteiger partial charge on any atom is -0.378 e. The molecule has 17 heavy (non-hydrogen) atoms. The molecule has 0 aromatic carbocycles. The lowest BCUT2D eigenvalue weighted by Gasteiger charge is -2.21. The Morgan fingerprint density at radius 3 is 3.18 bits per heavy atom. The molecule has 0 spiro atoms. The number of rotatable bonds is 4. The molecule has 1 aromatic heterocycles. The Morgan fingerprint density at radius 1 is 1.65 bits per heavy atom. The van der Waals surface area contributed by atoms with Crippen LogP contribution >= 0.6 is 22.9 Å². The highest BCUT2D eigenvalue weighted by Gasteiger charge is 2.18. The molecule has 0 bridgehead atoms. The van der Waals surface area contributed by atoms with Crippen LogP contribution in [0.25, 0.3) is 0 Å². The first-order valence-electron chi connectivity index (χ1n) is 5.70. The Bertz CT molecular complexity index is 377. The van der Waals surface area contributed by atoms with E-state index in [0.717, 1.165) is 31.6 Å². The van der Waals surface area contributed by atoms with Gasteiger partial charge in [0.05, 0.1) is 24.1 Å². The van der Waals surface area contributed by atoms with Crippen molar-refractivity contribution in [3.8, 4) is 0 Å². The van der Waals surface area contributed by atoms with E-state index >= 15 is 0 Å². The van der Waals surface area contributed by atoms with Crippen molar-refractivity contribution in [2.45, 2.75) is 37.7 Å². The van der Waals surface area contributed by atoms with Crippen molar-refractivity contribution in [3.05, 3.63) is 11.1 Å². The molecule has 1 fully saturated rings. The number of hydrogen-bond acceptors (Lipinski definition) is 4. The molecule has 1 N–H and O–H groups in total. The number of thiazole rings is 1. The van der Waals surface area contributed by atoms with E-state index in [9.17, 15) is 4.79 Å². The minimum absolute atomic E-state index is 0.0348. The standard InChI is InChI=1S/C11H15ClN2O2S/c12-6-8-7-17-11(13-8)14-10(15)5-9-3-1-2-4-16-9/h7,9H,1-6H2,(H,13,14,15). The number of alkyl halides is 1. The van der Waals surface area contributed by atoms with Crippen LogP contribution in [0.15, 0.2) is 5.38 Å². The highest BCUT2D eigenvalue weighted by atomic mass is 35.5. The molecular formula is C11H15ClN2O2S. The van der Waals surface area contributed by atoms with Gasteiger partial charge in [-0.2, -0.15) is 0 Å².